The number of nitrogens with two attached hydrogens (primary N) is 1. The Morgan fingerprint density at radius 1 is 1.20 bits per heavy atom. The number of H-pyrrole nitrogens is 1. The zero-order chi connectivity index (χ0) is 21.1. The molecule has 0 fully saturated rings. The molecule has 0 saturated heterocycles. The lowest BCUT2D eigenvalue weighted by molar-refractivity contribution is 0.921. The Kier molecular flexibility index (Phi) is 5.28. The summed E-state index contributed by atoms with van der Waals surface area (Å²) in [7, 11) is 0. The standard InChI is InChI=1S/C14H12ClN3.C7H5N5/c1-2-10-8-13-16-9-12(15)18(13)17-14(10)11-6-4-3-5-7-11;8-1-4-2-10-7-5(4)6(9)11-3-12-7/h3-9H,2H2,1H3;2-3H,(H3,9,10,11,12). The van der Waals surface area contributed by atoms with Gasteiger partial charge in [0.25, 0.3) is 0 Å². The summed E-state index contributed by atoms with van der Waals surface area (Å²) < 4.78 is 1.67. The molecule has 8 nitrogen and oxygen atoms in total. The number of halogens is 1. The van der Waals surface area contributed by atoms with Gasteiger partial charge in [-0.1, -0.05) is 48.9 Å². The molecule has 0 aliphatic rings. The smallest absolute Gasteiger partial charge is 0.155 e. The van der Waals surface area contributed by atoms with Gasteiger partial charge in [0.1, 0.15) is 23.9 Å². The SMILES string of the molecule is CCc1cc2ncc(Cl)n2nc1-c1ccccc1.N#Cc1c[nH]c2ncnc(N)c12. The van der Waals surface area contributed by atoms with Gasteiger partial charge < -0.3 is 10.7 Å². The molecule has 4 heterocycles. The summed E-state index contributed by atoms with van der Waals surface area (Å²) in [6.45, 7) is 2.12. The summed E-state index contributed by atoms with van der Waals surface area (Å²) in [6.07, 6.45) is 5.46. The number of benzene rings is 1. The van der Waals surface area contributed by atoms with Gasteiger partial charge in [-0.3, -0.25) is 0 Å². The molecule has 0 aliphatic carbocycles. The summed E-state index contributed by atoms with van der Waals surface area (Å²) >= 11 is 6.07. The molecule has 1 aromatic carbocycles. The van der Waals surface area contributed by atoms with Gasteiger partial charge in [-0.25, -0.2) is 19.5 Å². The van der Waals surface area contributed by atoms with E-state index < -0.39 is 0 Å². The van der Waals surface area contributed by atoms with E-state index in [1.54, 1.807) is 16.9 Å². The molecule has 0 unspecified atom stereocenters. The van der Waals surface area contributed by atoms with Crippen molar-refractivity contribution >= 4 is 34.1 Å². The van der Waals surface area contributed by atoms with Crippen molar-refractivity contribution in [2.75, 3.05) is 5.73 Å². The Bertz CT molecular complexity index is 1360. The first-order valence-corrected chi connectivity index (χ1v) is 9.56. The summed E-state index contributed by atoms with van der Waals surface area (Å²) in [5.74, 6) is 0.331. The highest BCUT2D eigenvalue weighted by Gasteiger charge is 2.10. The van der Waals surface area contributed by atoms with Crippen molar-refractivity contribution in [1.82, 2.24) is 29.5 Å². The normalized spacial score (nSPS) is 10.6. The fraction of sp³-hybridized carbons (Fsp3) is 0.0952. The number of aryl methyl sites for hydroxylation is 1. The van der Waals surface area contributed by atoms with Crippen LogP contribution in [-0.4, -0.2) is 29.5 Å². The van der Waals surface area contributed by atoms with Gasteiger partial charge in [0.2, 0.25) is 0 Å². The van der Waals surface area contributed by atoms with Crippen molar-refractivity contribution < 1.29 is 0 Å². The van der Waals surface area contributed by atoms with Gasteiger partial charge in [-0.2, -0.15) is 10.4 Å². The van der Waals surface area contributed by atoms with Crippen molar-refractivity contribution in [3.05, 3.63) is 71.4 Å². The molecule has 9 heteroatoms. The second-order valence-corrected chi connectivity index (χ2v) is 6.77. The van der Waals surface area contributed by atoms with Crippen LogP contribution >= 0.6 is 11.6 Å². The average Bonchev–Trinajstić information content (AvgIpc) is 3.38. The van der Waals surface area contributed by atoms with Crippen LogP contribution in [0.25, 0.3) is 27.9 Å². The highest BCUT2D eigenvalue weighted by molar-refractivity contribution is 6.29. The first-order chi connectivity index (χ1) is 14.6. The van der Waals surface area contributed by atoms with Crippen molar-refractivity contribution in [3.63, 3.8) is 0 Å². The highest BCUT2D eigenvalue weighted by Crippen LogP contribution is 2.24. The molecule has 0 amide bonds. The molecule has 0 saturated carbocycles. The Morgan fingerprint density at radius 2 is 2.00 bits per heavy atom. The topological polar surface area (TPSA) is 122 Å². The molecule has 5 rings (SSSR count). The van der Waals surface area contributed by atoms with Crippen LogP contribution in [0.4, 0.5) is 5.82 Å². The third-order valence-electron chi connectivity index (χ3n) is 4.58. The van der Waals surface area contributed by atoms with Gasteiger partial charge in [-0.15, -0.1) is 0 Å². The molecule has 5 aromatic rings. The van der Waals surface area contributed by atoms with Gasteiger partial charge in [0.15, 0.2) is 10.8 Å². The number of rotatable bonds is 2. The maximum atomic E-state index is 8.67. The molecule has 0 spiro atoms. The van der Waals surface area contributed by atoms with Crippen molar-refractivity contribution in [2.45, 2.75) is 13.3 Å². The number of aromatic nitrogens is 6. The first-order valence-electron chi connectivity index (χ1n) is 9.18. The Balaban J connectivity index is 0.000000158. The zero-order valence-corrected chi connectivity index (χ0v) is 16.8. The summed E-state index contributed by atoms with van der Waals surface area (Å²) in [5.41, 5.74) is 10.7. The van der Waals surface area contributed by atoms with Crippen LogP contribution in [0.5, 0.6) is 0 Å². The number of fused-ring (bicyclic) bond motifs is 2. The van der Waals surface area contributed by atoms with Crippen LogP contribution in [0.15, 0.2) is 55.1 Å². The summed E-state index contributed by atoms with van der Waals surface area (Å²) in [4.78, 5) is 14.8. The molecular weight excluding hydrogens is 400 g/mol. The van der Waals surface area contributed by atoms with E-state index in [1.165, 1.54) is 11.9 Å². The second-order valence-electron chi connectivity index (χ2n) is 6.39. The van der Waals surface area contributed by atoms with Crippen LogP contribution in [0.3, 0.4) is 0 Å². The number of nitriles is 1. The van der Waals surface area contributed by atoms with E-state index in [4.69, 9.17) is 22.6 Å². The van der Waals surface area contributed by atoms with Crippen molar-refractivity contribution in [2.24, 2.45) is 0 Å². The second kappa shape index (κ2) is 8.19. The number of nitrogens with one attached hydrogen (secondary N) is 1. The molecule has 30 heavy (non-hydrogen) atoms. The predicted molar refractivity (Wildman–Crippen MR) is 116 cm³/mol. The maximum Gasteiger partial charge on any atom is 0.155 e. The molecular formula is C21H17ClN8. The highest BCUT2D eigenvalue weighted by atomic mass is 35.5. The zero-order valence-electron chi connectivity index (χ0n) is 16.0. The van der Waals surface area contributed by atoms with E-state index in [9.17, 15) is 0 Å². The monoisotopic (exact) mass is 416 g/mol. The number of imidazole rings is 1. The van der Waals surface area contributed by atoms with Crippen LogP contribution in [-0.2, 0) is 6.42 Å². The number of nitrogens with zero attached hydrogens (tertiary/aromatic N) is 6. The lowest BCUT2D eigenvalue weighted by Gasteiger charge is -2.08. The molecule has 0 radical (unpaired) electrons. The summed E-state index contributed by atoms with van der Waals surface area (Å²) in [6, 6.07) is 14.2. The fourth-order valence-corrected chi connectivity index (χ4v) is 3.28. The van der Waals surface area contributed by atoms with E-state index in [1.807, 2.05) is 30.3 Å². The maximum absolute atomic E-state index is 8.67. The van der Waals surface area contributed by atoms with Crippen molar-refractivity contribution in [1.29, 1.82) is 5.26 Å². The van der Waals surface area contributed by atoms with Crippen LogP contribution in [0, 0.1) is 11.3 Å². The van der Waals surface area contributed by atoms with Gasteiger partial charge >= 0.3 is 0 Å². The van der Waals surface area contributed by atoms with Gasteiger partial charge in [-0.05, 0) is 18.1 Å². The average molecular weight is 417 g/mol. The van der Waals surface area contributed by atoms with E-state index in [-0.39, 0.29) is 0 Å². The number of hydrogen-bond donors (Lipinski definition) is 2. The minimum atomic E-state index is 0.331. The van der Waals surface area contributed by atoms with E-state index in [0.29, 0.717) is 27.6 Å². The molecule has 148 valence electrons. The Morgan fingerprint density at radius 3 is 2.73 bits per heavy atom. The Labute approximate surface area is 177 Å². The minimum Gasteiger partial charge on any atom is -0.383 e. The third-order valence-corrected chi connectivity index (χ3v) is 4.84. The predicted octanol–water partition coefficient (Wildman–Crippen LogP) is 4.02. The number of nitrogen functional groups attached to an aromatic ring is 1. The minimum absolute atomic E-state index is 0.331. The Hall–Kier alpha value is -3.96. The molecule has 0 bridgehead atoms. The number of anilines is 1. The molecule has 0 aliphatic heterocycles. The number of aromatic amines is 1. The third kappa shape index (κ3) is 3.54. The van der Waals surface area contributed by atoms with Gasteiger partial charge in [0, 0.05) is 11.8 Å². The lowest BCUT2D eigenvalue weighted by atomic mass is 10.1. The quantitative estimate of drug-likeness (QED) is 0.448. The van der Waals surface area contributed by atoms with E-state index in [2.05, 4.69) is 44.1 Å². The lowest BCUT2D eigenvalue weighted by Crippen LogP contribution is -1.99. The van der Waals surface area contributed by atoms with Gasteiger partial charge in [0.05, 0.1) is 22.8 Å². The van der Waals surface area contributed by atoms with E-state index >= 15 is 0 Å². The van der Waals surface area contributed by atoms with Crippen LogP contribution in [0.1, 0.15) is 18.1 Å². The van der Waals surface area contributed by atoms with Crippen LogP contribution < -0.4 is 5.73 Å². The number of hydrogen-bond acceptors (Lipinski definition) is 6. The first kappa shape index (κ1) is 19.4. The largest absolute Gasteiger partial charge is 0.383 e. The molecule has 4 aromatic heterocycles. The fourth-order valence-electron chi connectivity index (χ4n) is 3.11. The molecule has 0 atom stereocenters. The van der Waals surface area contributed by atoms with E-state index in [0.717, 1.165) is 23.3 Å². The van der Waals surface area contributed by atoms with Crippen molar-refractivity contribution in [3.8, 4) is 17.3 Å². The molecule has 3 N–H and O–H groups in total. The summed E-state index contributed by atoms with van der Waals surface area (Å²) in [5, 5.41) is 14.4. The van der Waals surface area contributed by atoms with Crippen LogP contribution in [0.2, 0.25) is 5.15 Å².